The normalized spacial score (nSPS) is 10.7. The van der Waals surface area contributed by atoms with Gasteiger partial charge in [0.05, 0.1) is 11.4 Å². The van der Waals surface area contributed by atoms with E-state index < -0.39 is 0 Å². The molecule has 1 amide bonds. The van der Waals surface area contributed by atoms with Gasteiger partial charge in [0, 0.05) is 17.7 Å². The lowest BCUT2D eigenvalue weighted by molar-refractivity contribution is -0.116. The topological polar surface area (TPSA) is 56.2 Å². The first-order chi connectivity index (χ1) is 15.5. The van der Waals surface area contributed by atoms with Gasteiger partial charge < -0.3 is 10.1 Å². The van der Waals surface area contributed by atoms with Gasteiger partial charge in [0.1, 0.15) is 5.75 Å². The third kappa shape index (κ3) is 5.06. The Hall–Kier alpha value is -3.86. The Morgan fingerprint density at radius 2 is 1.50 bits per heavy atom. The smallest absolute Gasteiger partial charge is 0.226 e. The molecule has 32 heavy (non-hydrogen) atoms. The van der Waals surface area contributed by atoms with Crippen LogP contribution in [0, 0.1) is 20.8 Å². The molecule has 0 spiro atoms. The van der Waals surface area contributed by atoms with E-state index in [2.05, 4.69) is 5.32 Å². The van der Waals surface area contributed by atoms with E-state index in [0.717, 1.165) is 39.5 Å². The summed E-state index contributed by atoms with van der Waals surface area (Å²) in [6.45, 7) is 6.02. The highest BCUT2D eigenvalue weighted by Gasteiger charge is 2.20. The second-order valence-corrected chi connectivity index (χ2v) is 7.95. The van der Waals surface area contributed by atoms with Crippen LogP contribution in [0.4, 0.5) is 5.69 Å². The lowest BCUT2D eigenvalue weighted by Gasteiger charge is -2.12. The molecule has 162 valence electrons. The Labute approximate surface area is 188 Å². The highest BCUT2D eigenvalue weighted by molar-refractivity contribution is 5.90. The van der Waals surface area contributed by atoms with Crippen molar-refractivity contribution >= 4 is 11.6 Å². The molecule has 4 aromatic rings. The van der Waals surface area contributed by atoms with Crippen LogP contribution in [-0.2, 0) is 11.2 Å². The number of carbonyl (C=O) groups is 1. The zero-order valence-electron chi connectivity index (χ0n) is 18.6. The fourth-order valence-electron chi connectivity index (χ4n) is 3.49. The molecule has 0 unspecified atom stereocenters. The minimum absolute atomic E-state index is 0.0398. The van der Waals surface area contributed by atoms with Gasteiger partial charge in [-0.05, 0) is 63.6 Å². The number of hydrogen-bond donors (Lipinski definition) is 1. The molecule has 0 fully saturated rings. The van der Waals surface area contributed by atoms with Crippen LogP contribution in [0.15, 0.2) is 78.9 Å². The number of nitrogens with zero attached hydrogens (tertiary/aromatic N) is 2. The molecule has 5 nitrogen and oxygen atoms in total. The van der Waals surface area contributed by atoms with Crippen molar-refractivity contribution < 1.29 is 9.53 Å². The molecule has 0 aliphatic heterocycles. The summed E-state index contributed by atoms with van der Waals surface area (Å²) in [4.78, 5) is 12.6. The number of carbonyl (C=O) groups excluding carboxylic acids is 1. The number of rotatable bonds is 7. The average molecular weight is 426 g/mol. The molecule has 1 aromatic heterocycles. The van der Waals surface area contributed by atoms with Crippen LogP contribution in [0.2, 0.25) is 0 Å². The van der Waals surface area contributed by atoms with Crippen LogP contribution in [0.5, 0.6) is 11.6 Å². The monoisotopic (exact) mass is 425 g/mol. The van der Waals surface area contributed by atoms with Gasteiger partial charge in [-0.2, -0.15) is 5.10 Å². The second kappa shape index (κ2) is 9.52. The Kier molecular flexibility index (Phi) is 6.36. The Balaban J connectivity index is 1.58. The van der Waals surface area contributed by atoms with Crippen LogP contribution in [0.1, 0.15) is 28.8 Å². The number of aryl methyl sites for hydroxylation is 3. The third-order valence-electron chi connectivity index (χ3n) is 5.31. The summed E-state index contributed by atoms with van der Waals surface area (Å²) in [5.74, 6) is 1.33. The van der Waals surface area contributed by atoms with E-state index in [-0.39, 0.29) is 5.91 Å². The summed E-state index contributed by atoms with van der Waals surface area (Å²) in [6.07, 6.45) is 0.858. The Morgan fingerprint density at radius 3 is 2.16 bits per heavy atom. The summed E-state index contributed by atoms with van der Waals surface area (Å²) in [7, 11) is 0. The quantitative estimate of drug-likeness (QED) is 0.386. The molecule has 0 radical (unpaired) electrons. The van der Waals surface area contributed by atoms with Crippen molar-refractivity contribution in [2.24, 2.45) is 0 Å². The van der Waals surface area contributed by atoms with E-state index in [0.29, 0.717) is 18.7 Å². The number of para-hydroxylation sites is 1. The number of benzene rings is 3. The standard InChI is InChI=1S/C27H27N3O2/c1-19-9-13-22(14-10-19)28-26(31)18-17-25-21(3)29-30(23-7-5-4-6-8-23)27(25)32-24-15-11-20(2)12-16-24/h4-16H,17-18H2,1-3H3,(H,28,31). The van der Waals surface area contributed by atoms with Crippen LogP contribution < -0.4 is 10.1 Å². The number of hydrogen-bond acceptors (Lipinski definition) is 3. The zero-order chi connectivity index (χ0) is 22.5. The first-order valence-corrected chi connectivity index (χ1v) is 10.7. The van der Waals surface area contributed by atoms with Gasteiger partial charge >= 0.3 is 0 Å². The minimum atomic E-state index is -0.0398. The molecule has 5 heteroatoms. The van der Waals surface area contributed by atoms with E-state index in [4.69, 9.17) is 9.84 Å². The molecular formula is C27H27N3O2. The molecule has 0 aliphatic rings. The zero-order valence-corrected chi connectivity index (χ0v) is 18.6. The van der Waals surface area contributed by atoms with E-state index in [1.165, 1.54) is 0 Å². The first kappa shape index (κ1) is 21.4. The number of anilines is 1. The Bertz CT molecular complexity index is 1190. The lowest BCUT2D eigenvalue weighted by Crippen LogP contribution is -2.12. The maximum atomic E-state index is 12.6. The summed E-state index contributed by atoms with van der Waals surface area (Å²) in [5.41, 5.74) is 5.80. The van der Waals surface area contributed by atoms with Crippen molar-refractivity contribution in [3.05, 3.63) is 101 Å². The molecule has 1 heterocycles. The van der Waals surface area contributed by atoms with Crippen molar-refractivity contribution in [3.63, 3.8) is 0 Å². The highest BCUT2D eigenvalue weighted by Crippen LogP contribution is 2.31. The van der Waals surface area contributed by atoms with E-state index in [1.807, 2.05) is 104 Å². The Morgan fingerprint density at radius 1 is 0.875 bits per heavy atom. The van der Waals surface area contributed by atoms with Gasteiger partial charge in [-0.1, -0.05) is 53.6 Å². The first-order valence-electron chi connectivity index (χ1n) is 10.7. The van der Waals surface area contributed by atoms with Gasteiger partial charge in [-0.3, -0.25) is 4.79 Å². The van der Waals surface area contributed by atoms with Crippen molar-refractivity contribution in [2.75, 3.05) is 5.32 Å². The summed E-state index contributed by atoms with van der Waals surface area (Å²) >= 11 is 0. The lowest BCUT2D eigenvalue weighted by atomic mass is 10.1. The summed E-state index contributed by atoms with van der Waals surface area (Å²) in [5, 5.41) is 7.69. The molecule has 0 saturated heterocycles. The second-order valence-electron chi connectivity index (χ2n) is 7.95. The fourth-order valence-corrected chi connectivity index (χ4v) is 3.49. The van der Waals surface area contributed by atoms with E-state index >= 15 is 0 Å². The third-order valence-corrected chi connectivity index (χ3v) is 5.31. The minimum Gasteiger partial charge on any atom is -0.439 e. The van der Waals surface area contributed by atoms with Crippen molar-refractivity contribution in [1.29, 1.82) is 0 Å². The van der Waals surface area contributed by atoms with Crippen LogP contribution >= 0.6 is 0 Å². The van der Waals surface area contributed by atoms with Gasteiger partial charge in [0.2, 0.25) is 11.8 Å². The van der Waals surface area contributed by atoms with Gasteiger partial charge in [-0.25, -0.2) is 4.68 Å². The molecule has 3 aromatic carbocycles. The number of amides is 1. The summed E-state index contributed by atoms with van der Waals surface area (Å²) < 4.78 is 8.11. The van der Waals surface area contributed by atoms with Gasteiger partial charge in [-0.15, -0.1) is 0 Å². The molecule has 1 N–H and O–H groups in total. The fraction of sp³-hybridized carbons (Fsp3) is 0.185. The number of aromatic nitrogens is 2. The largest absolute Gasteiger partial charge is 0.439 e. The predicted octanol–water partition coefficient (Wildman–Crippen LogP) is 6.16. The van der Waals surface area contributed by atoms with Crippen molar-refractivity contribution in [2.45, 2.75) is 33.6 Å². The molecule has 0 atom stereocenters. The maximum absolute atomic E-state index is 12.6. The molecular weight excluding hydrogens is 398 g/mol. The average Bonchev–Trinajstić information content (AvgIpc) is 3.11. The van der Waals surface area contributed by atoms with Gasteiger partial charge in [0.15, 0.2) is 0 Å². The molecule has 0 aliphatic carbocycles. The highest BCUT2D eigenvalue weighted by atomic mass is 16.5. The van der Waals surface area contributed by atoms with E-state index in [9.17, 15) is 4.79 Å². The van der Waals surface area contributed by atoms with Crippen molar-refractivity contribution in [1.82, 2.24) is 9.78 Å². The summed E-state index contributed by atoms with van der Waals surface area (Å²) in [6, 6.07) is 25.6. The maximum Gasteiger partial charge on any atom is 0.226 e. The molecule has 0 bridgehead atoms. The number of ether oxygens (including phenoxy) is 1. The number of nitrogens with one attached hydrogen (secondary N) is 1. The SMILES string of the molecule is Cc1ccc(NC(=O)CCc2c(C)nn(-c3ccccc3)c2Oc2ccc(C)cc2)cc1. The molecule has 4 rings (SSSR count). The van der Waals surface area contributed by atoms with Crippen molar-refractivity contribution in [3.8, 4) is 17.3 Å². The van der Waals surface area contributed by atoms with Crippen LogP contribution in [0.25, 0.3) is 5.69 Å². The predicted molar refractivity (Wildman–Crippen MR) is 128 cm³/mol. The molecule has 0 saturated carbocycles. The van der Waals surface area contributed by atoms with E-state index in [1.54, 1.807) is 0 Å². The van der Waals surface area contributed by atoms with Crippen LogP contribution in [-0.4, -0.2) is 15.7 Å². The van der Waals surface area contributed by atoms with Crippen LogP contribution in [0.3, 0.4) is 0 Å². The van der Waals surface area contributed by atoms with Gasteiger partial charge in [0.25, 0.3) is 0 Å².